The monoisotopic (exact) mass is 472 g/mol. The molecule has 0 unspecified atom stereocenters. The zero-order valence-corrected chi connectivity index (χ0v) is 19.3. The summed E-state index contributed by atoms with van der Waals surface area (Å²) in [6.45, 7) is 3.62. The lowest BCUT2D eigenvalue weighted by molar-refractivity contribution is -0.384. The molecule has 1 heterocycles. The molecule has 8 heteroatoms. The topological polar surface area (TPSA) is 107 Å². The van der Waals surface area contributed by atoms with Crippen molar-refractivity contribution in [3.63, 3.8) is 0 Å². The molecule has 1 aliphatic heterocycles. The Bertz CT molecular complexity index is 1270. The first-order valence-corrected chi connectivity index (χ1v) is 11.2. The van der Waals surface area contributed by atoms with E-state index in [1.165, 1.54) is 24.0 Å². The maximum Gasteiger partial charge on any atom is 0.312 e. The van der Waals surface area contributed by atoms with Crippen molar-refractivity contribution in [1.29, 1.82) is 0 Å². The molecule has 8 nitrogen and oxygen atoms in total. The van der Waals surface area contributed by atoms with E-state index in [2.05, 4.69) is 0 Å². The summed E-state index contributed by atoms with van der Waals surface area (Å²) in [7, 11) is 0. The van der Waals surface area contributed by atoms with Crippen LogP contribution in [0.4, 0.5) is 11.4 Å². The second-order valence-corrected chi connectivity index (χ2v) is 8.57. The molecule has 0 spiro atoms. The average molecular weight is 472 g/mol. The van der Waals surface area contributed by atoms with Crippen LogP contribution in [0.1, 0.15) is 29.3 Å². The number of nitro benzene ring substituents is 1. The molecule has 0 bridgehead atoms. The summed E-state index contributed by atoms with van der Waals surface area (Å²) in [5.74, 6) is -1.73. The molecule has 0 radical (unpaired) electrons. The highest BCUT2D eigenvalue weighted by Crippen LogP contribution is 2.29. The van der Waals surface area contributed by atoms with Gasteiger partial charge in [0.05, 0.1) is 10.8 Å². The van der Waals surface area contributed by atoms with Gasteiger partial charge in [0.15, 0.2) is 6.10 Å². The number of aryl methyl sites for hydroxylation is 1. The van der Waals surface area contributed by atoms with E-state index in [0.29, 0.717) is 11.3 Å². The van der Waals surface area contributed by atoms with Gasteiger partial charge in [-0.05, 0) is 49.2 Å². The Kier molecular flexibility index (Phi) is 6.73. The number of benzene rings is 3. The maximum absolute atomic E-state index is 12.7. The Morgan fingerprint density at radius 3 is 2.11 bits per heavy atom. The fourth-order valence-electron chi connectivity index (χ4n) is 4.00. The number of nitrogens with zero attached hydrogens (tertiary/aromatic N) is 2. The lowest BCUT2D eigenvalue weighted by atomic mass is 10.0. The summed E-state index contributed by atoms with van der Waals surface area (Å²) in [6.07, 6.45) is -0.940. The molecule has 0 aliphatic carbocycles. The summed E-state index contributed by atoms with van der Waals surface area (Å²) >= 11 is 0. The zero-order chi connectivity index (χ0) is 25.1. The lowest BCUT2D eigenvalue weighted by Gasteiger charge is -2.18. The fraction of sp³-hybridized carbons (Fsp3) is 0.222. The number of carbonyl (C=O) groups excluding carboxylic acids is 3. The second-order valence-electron chi connectivity index (χ2n) is 8.57. The van der Waals surface area contributed by atoms with Crippen LogP contribution in [0.2, 0.25) is 0 Å². The van der Waals surface area contributed by atoms with E-state index in [-0.39, 0.29) is 30.3 Å². The summed E-state index contributed by atoms with van der Waals surface area (Å²) in [5, 5.41) is 10.8. The third kappa shape index (κ3) is 5.27. The van der Waals surface area contributed by atoms with Gasteiger partial charge in [0.1, 0.15) is 0 Å². The number of non-ortho nitro benzene ring substituents is 1. The van der Waals surface area contributed by atoms with Gasteiger partial charge in [-0.1, -0.05) is 42.0 Å². The van der Waals surface area contributed by atoms with Gasteiger partial charge in [0.2, 0.25) is 11.7 Å². The third-order valence-electron chi connectivity index (χ3n) is 6.05. The minimum absolute atomic E-state index is 0.00831. The number of rotatable bonds is 7. The molecule has 0 saturated carbocycles. The zero-order valence-electron chi connectivity index (χ0n) is 19.3. The minimum Gasteiger partial charge on any atom is -0.454 e. The quantitative estimate of drug-likeness (QED) is 0.213. The number of nitro groups is 1. The largest absolute Gasteiger partial charge is 0.454 e. The van der Waals surface area contributed by atoms with Crippen LogP contribution < -0.4 is 4.90 Å². The summed E-state index contributed by atoms with van der Waals surface area (Å²) in [5.41, 5.74) is 3.79. The van der Waals surface area contributed by atoms with E-state index < -0.39 is 22.9 Å². The number of hydrogen-bond donors (Lipinski definition) is 0. The average Bonchev–Trinajstić information content (AvgIpc) is 3.26. The molecule has 0 N–H and O–H groups in total. The molecule has 3 aromatic rings. The Balaban J connectivity index is 1.39. The van der Waals surface area contributed by atoms with Gasteiger partial charge in [0.25, 0.3) is 5.69 Å². The third-order valence-corrected chi connectivity index (χ3v) is 6.05. The number of amides is 1. The number of ketones is 1. The number of anilines is 1. The van der Waals surface area contributed by atoms with Crippen molar-refractivity contribution in [2.75, 3.05) is 11.4 Å². The van der Waals surface area contributed by atoms with Crippen LogP contribution in [0.15, 0.2) is 72.8 Å². The van der Waals surface area contributed by atoms with Gasteiger partial charge in [-0.15, -0.1) is 0 Å². The molecular formula is C27H24N2O6. The molecule has 1 saturated heterocycles. The van der Waals surface area contributed by atoms with Crippen LogP contribution in [-0.2, 0) is 14.3 Å². The Morgan fingerprint density at radius 1 is 0.971 bits per heavy atom. The van der Waals surface area contributed by atoms with E-state index in [0.717, 1.165) is 16.7 Å². The molecule has 2 atom stereocenters. The molecule has 178 valence electrons. The lowest BCUT2D eigenvalue weighted by Crippen LogP contribution is -2.30. The summed E-state index contributed by atoms with van der Waals surface area (Å²) in [6, 6.07) is 20.4. The Hall–Kier alpha value is -4.33. The van der Waals surface area contributed by atoms with Crippen molar-refractivity contribution in [3.8, 4) is 11.1 Å². The summed E-state index contributed by atoms with van der Waals surface area (Å²) in [4.78, 5) is 49.8. The van der Waals surface area contributed by atoms with E-state index in [4.69, 9.17) is 4.74 Å². The first kappa shape index (κ1) is 23.8. The fourth-order valence-corrected chi connectivity index (χ4v) is 4.00. The highest BCUT2D eigenvalue weighted by atomic mass is 16.6. The van der Waals surface area contributed by atoms with Crippen molar-refractivity contribution >= 4 is 29.0 Å². The first-order chi connectivity index (χ1) is 16.7. The van der Waals surface area contributed by atoms with Gasteiger partial charge in [-0.3, -0.25) is 24.5 Å². The maximum atomic E-state index is 12.7. The van der Waals surface area contributed by atoms with Gasteiger partial charge < -0.3 is 9.64 Å². The number of esters is 1. The Morgan fingerprint density at radius 2 is 1.54 bits per heavy atom. The molecule has 0 aromatic heterocycles. The van der Waals surface area contributed by atoms with Crippen LogP contribution >= 0.6 is 0 Å². The van der Waals surface area contributed by atoms with E-state index in [1.54, 1.807) is 36.4 Å². The van der Waals surface area contributed by atoms with Crippen molar-refractivity contribution < 1.29 is 24.0 Å². The normalized spacial score (nSPS) is 16.1. The predicted octanol–water partition coefficient (Wildman–Crippen LogP) is 4.74. The van der Waals surface area contributed by atoms with Crippen molar-refractivity contribution in [2.45, 2.75) is 26.4 Å². The highest BCUT2D eigenvalue weighted by molar-refractivity contribution is 6.02. The van der Waals surface area contributed by atoms with Crippen LogP contribution in [0.5, 0.6) is 0 Å². The van der Waals surface area contributed by atoms with Gasteiger partial charge >= 0.3 is 5.97 Å². The molecular weight excluding hydrogens is 448 g/mol. The minimum atomic E-state index is -0.949. The number of Topliss-reactive ketones (excluding diaryl/α,β-unsaturated/α-hetero) is 1. The van der Waals surface area contributed by atoms with E-state index in [1.807, 2.05) is 31.2 Å². The molecule has 3 aromatic carbocycles. The predicted molar refractivity (Wildman–Crippen MR) is 130 cm³/mol. The van der Waals surface area contributed by atoms with Crippen molar-refractivity contribution in [1.82, 2.24) is 0 Å². The summed E-state index contributed by atoms with van der Waals surface area (Å²) < 4.78 is 5.40. The second kappa shape index (κ2) is 9.89. The molecule has 4 rings (SSSR count). The smallest absolute Gasteiger partial charge is 0.312 e. The van der Waals surface area contributed by atoms with E-state index >= 15 is 0 Å². The molecule has 1 aliphatic rings. The highest BCUT2D eigenvalue weighted by Gasteiger charge is 2.37. The first-order valence-electron chi connectivity index (χ1n) is 11.2. The molecule has 35 heavy (non-hydrogen) atoms. The van der Waals surface area contributed by atoms with Gasteiger partial charge in [-0.2, -0.15) is 0 Å². The van der Waals surface area contributed by atoms with Crippen LogP contribution in [0, 0.1) is 23.0 Å². The van der Waals surface area contributed by atoms with E-state index in [9.17, 15) is 24.5 Å². The number of hydrogen-bond acceptors (Lipinski definition) is 6. The number of carbonyl (C=O) groups is 3. The van der Waals surface area contributed by atoms with Crippen molar-refractivity contribution in [2.24, 2.45) is 5.92 Å². The van der Waals surface area contributed by atoms with Gasteiger partial charge in [-0.25, -0.2) is 0 Å². The number of ether oxygens (including phenoxy) is 1. The Labute approximate surface area is 202 Å². The van der Waals surface area contributed by atoms with Crippen LogP contribution in [-0.4, -0.2) is 35.2 Å². The van der Waals surface area contributed by atoms with Crippen LogP contribution in [0.25, 0.3) is 11.1 Å². The van der Waals surface area contributed by atoms with Crippen LogP contribution in [0.3, 0.4) is 0 Å². The SMILES string of the molecule is Cc1ccc(C(=O)[C@@H](C)OC(=O)[C@H]2CC(=O)N(c3ccc(-c4ccc([N+](=O)[O-])cc4)cc3)C2)cc1. The molecule has 1 amide bonds. The van der Waals surface area contributed by atoms with Crippen molar-refractivity contribution in [3.05, 3.63) is 94.0 Å². The standard InChI is InChI=1S/C27H24N2O6/c1-17-3-5-21(6-4-17)26(31)18(2)35-27(32)22-15-25(30)28(16-22)23-11-7-19(8-12-23)20-9-13-24(14-10-20)29(33)34/h3-14,18,22H,15-16H2,1-2H3/t18-,22+/m1/s1. The molecule has 1 fully saturated rings. The van der Waals surface area contributed by atoms with Gasteiger partial charge in [0, 0.05) is 36.3 Å².